The van der Waals surface area contributed by atoms with Gasteiger partial charge in [-0.3, -0.25) is 0 Å². The lowest BCUT2D eigenvalue weighted by Crippen LogP contribution is -2.09. The zero-order chi connectivity index (χ0) is 12.4. The molecule has 7 heteroatoms. The summed E-state index contributed by atoms with van der Waals surface area (Å²) in [7, 11) is 0. The van der Waals surface area contributed by atoms with Crippen molar-refractivity contribution >= 4 is 34.6 Å². The van der Waals surface area contributed by atoms with Crippen molar-refractivity contribution in [3.63, 3.8) is 0 Å². The third-order valence-electron chi connectivity index (χ3n) is 2.18. The summed E-state index contributed by atoms with van der Waals surface area (Å²) in [6, 6.07) is 0.0282. The maximum absolute atomic E-state index is 6.00. The van der Waals surface area contributed by atoms with Gasteiger partial charge in [0.15, 0.2) is 5.82 Å². The Hall–Kier alpha value is -1.40. The molecular formula is C10H12ClN5S. The number of nitrogens with zero attached hydrogens (tertiary/aromatic N) is 3. The molecule has 3 N–H and O–H groups in total. The molecule has 0 spiro atoms. The van der Waals surface area contributed by atoms with Crippen molar-refractivity contribution in [3.05, 3.63) is 27.4 Å². The second-order valence-corrected chi connectivity index (χ2v) is 4.88. The van der Waals surface area contributed by atoms with Crippen LogP contribution < -0.4 is 11.1 Å². The van der Waals surface area contributed by atoms with Gasteiger partial charge in [-0.1, -0.05) is 11.6 Å². The predicted octanol–water partition coefficient (Wildman–Crippen LogP) is 2.65. The van der Waals surface area contributed by atoms with Crippen LogP contribution in [0.1, 0.15) is 23.7 Å². The number of nitrogens with one attached hydrogen (secondary N) is 1. The second kappa shape index (κ2) is 4.85. The van der Waals surface area contributed by atoms with Crippen LogP contribution in [0.2, 0.25) is 5.02 Å². The van der Waals surface area contributed by atoms with Crippen LogP contribution in [0.3, 0.4) is 0 Å². The normalized spacial score (nSPS) is 12.4. The average Bonchev–Trinajstić information content (AvgIpc) is 2.72. The Labute approximate surface area is 108 Å². The molecule has 0 fully saturated rings. The number of rotatable bonds is 3. The minimum absolute atomic E-state index is 0.0282. The molecule has 0 aliphatic carbocycles. The Balaban J connectivity index is 2.18. The molecule has 90 valence electrons. The number of anilines is 2. The monoisotopic (exact) mass is 269 g/mol. The Morgan fingerprint density at radius 3 is 2.88 bits per heavy atom. The molecule has 2 aromatic heterocycles. The van der Waals surface area contributed by atoms with E-state index in [9.17, 15) is 0 Å². The molecule has 2 rings (SSSR count). The van der Waals surface area contributed by atoms with Gasteiger partial charge in [0.2, 0.25) is 0 Å². The first-order valence-corrected chi connectivity index (χ1v) is 6.28. The molecule has 0 aromatic carbocycles. The van der Waals surface area contributed by atoms with E-state index < -0.39 is 0 Å². The Morgan fingerprint density at radius 1 is 1.47 bits per heavy atom. The molecule has 0 saturated carbocycles. The number of hydrogen-bond acceptors (Lipinski definition) is 6. The number of nitrogens with two attached hydrogens (primary N) is 1. The summed E-state index contributed by atoms with van der Waals surface area (Å²) < 4.78 is 0. The average molecular weight is 270 g/mol. The highest BCUT2D eigenvalue weighted by Gasteiger charge is 2.13. The molecule has 0 radical (unpaired) electrons. The van der Waals surface area contributed by atoms with Crippen LogP contribution in [0.4, 0.5) is 11.6 Å². The third-order valence-corrected chi connectivity index (χ3v) is 3.69. The smallest absolute Gasteiger partial charge is 0.151 e. The lowest BCUT2D eigenvalue weighted by atomic mass is 10.3. The van der Waals surface area contributed by atoms with Crippen LogP contribution in [0.25, 0.3) is 0 Å². The summed E-state index contributed by atoms with van der Waals surface area (Å²) >= 11 is 7.60. The summed E-state index contributed by atoms with van der Waals surface area (Å²) in [5.41, 5.74) is 6.61. The third kappa shape index (κ3) is 2.65. The van der Waals surface area contributed by atoms with Crippen LogP contribution in [0, 0.1) is 6.92 Å². The van der Waals surface area contributed by atoms with Gasteiger partial charge >= 0.3 is 0 Å². The number of aromatic nitrogens is 3. The molecule has 1 atom stereocenters. The zero-order valence-electron chi connectivity index (χ0n) is 9.44. The SMILES string of the molecule is Cc1csc(C(C)Nc2ncnc(N)c2Cl)n1. The van der Waals surface area contributed by atoms with Gasteiger partial charge < -0.3 is 11.1 Å². The molecule has 1 unspecified atom stereocenters. The van der Waals surface area contributed by atoms with E-state index in [1.54, 1.807) is 11.3 Å². The van der Waals surface area contributed by atoms with Gasteiger partial charge in [-0.15, -0.1) is 11.3 Å². The van der Waals surface area contributed by atoms with Gasteiger partial charge in [0.1, 0.15) is 22.2 Å². The number of nitrogen functional groups attached to an aromatic ring is 1. The molecule has 17 heavy (non-hydrogen) atoms. The van der Waals surface area contributed by atoms with E-state index >= 15 is 0 Å². The highest BCUT2D eigenvalue weighted by Crippen LogP contribution is 2.27. The van der Waals surface area contributed by atoms with Gasteiger partial charge in [-0.05, 0) is 13.8 Å². The van der Waals surface area contributed by atoms with Gasteiger partial charge in [0, 0.05) is 11.1 Å². The first-order valence-electron chi connectivity index (χ1n) is 5.02. The lowest BCUT2D eigenvalue weighted by Gasteiger charge is -2.13. The van der Waals surface area contributed by atoms with Crippen LogP contribution in [-0.4, -0.2) is 15.0 Å². The Kier molecular flexibility index (Phi) is 3.44. The largest absolute Gasteiger partial charge is 0.382 e. The maximum Gasteiger partial charge on any atom is 0.151 e. The van der Waals surface area contributed by atoms with E-state index in [4.69, 9.17) is 17.3 Å². The van der Waals surface area contributed by atoms with Crippen molar-refractivity contribution in [1.82, 2.24) is 15.0 Å². The molecular weight excluding hydrogens is 258 g/mol. The number of thiazole rings is 1. The van der Waals surface area contributed by atoms with E-state index in [1.165, 1.54) is 6.33 Å². The minimum Gasteiger partial charge on any atom is -0.382 e. The number of halogens is 1. The molecule has 0 bridgehead atoms. The van der Waals surface area contributed by atoms with Gasteiger partial charge in [-0.2, -0.15) is 0 Å². The zero-order valence-corrected chi connectivity index (χ0v) is 11.0. The van der Waals surface area contributed by atoms with Gasteiger partial charge in [-0.25, -0.2) is 15.0 Å². The van der Waals surface area contributed by atoms with Crippen molar-refractivity contribution < 1.29 is 0 Å². The summed E-state index contributed by atoms with van der Waals surface area (Å²) in [4.78, 5) is 12.3. The van der Waals surface area contributed by atoms with Crippen LogP contribution in [0.5, 0.6) is 0 Å². The highest BCUT2D eigenvalue weighted by molar-refractivity contribution is 7.09. The van der Waals surface area contributed by atoms with Gasteiger partial charge in [0.05, 0.1) is 6.04 Å². The van der Waals surface area contributed by atoms with Crippen molar-refractivity contribution in [2.45, 2.75) is 19.9 Å². The lowest BCUT2D eigenvalue weighted by molar-refractivity contribution is 0.854. The van der Waals surface area contributed by atoms with Crippen LogP contribution in [-0.2, 0) is 0 Å². The fourth-order valence-corrected chi connectivity index (χ4v) is 2.28. The van der Waals surface area contributed by atoms with E-state index in [2.05, 4.69) is 20.3 Å². The van der Waals surface area contributed by atoms with Crippen molar-refractivity contribution in [1.29, 1.82) is 0 Å². The molecule has 0 saturated heterocycles. The van der Waals surface area contributed by atoms with E-state index in [1.807, 2.05) is 19.2 Å². The van der Waals surface area contributed by atoms with Crippen LogP contribution >= 0.6 is 22.9 Å². The van der Waals surface area contributed by atoms with Gasteiger partial charge in [0.25, 0.3) is 0 Å². The van der Waals surface area contributed by atoms with E-state index in [0.29, 0.717) is 10.8 Å². The summed E-state index contributed by atoms with van der Waals surface area (Å²) in [5.74, 6) is 0.797. The highest BCUT2D eigenvalue weighted by atomic mass is 35.5. The quantitative estimate of drug-likeness (QED) is 0.896. The fraction of sp³-hybridized carbons (Fsp3) is 0.300. The first kappa shape index (κ1) is 12.1. The molecule has 0 aliphatic heterocycles. The van der Waals surface area contributed by atoms with Crippen molar-refractivity contribution in [3.8, 4) is 0 Å². The minimum atomic E-state index is 0.0282. The summed E-state index contributed by atoms with van der Waals surface area (Å²) in [5, 5.41) is 6.49. The Morgan fingerprint density at radius 2 is 2.24 bits per heavy atom. The fourth-order valence-electron chi connectivity index (χ4n) is 1.32. The van der Waals surface area contributed by atoms with E-state index in [0.717, 1.165) is 10.7 Å². The van der Waals surface area contributed by atoms with Crippen molar-refractivity contribution in [2.24, 2.45) is 0 Å². The predicted molar refractivity (Wildman–Crippen MR) is 70.3 cm³/mol. The Bertz CT molecular complexity index is 527. The summed E-state index contributed by atoms with van der Waals surface area (Å²) in [6.07, 6.45) is 1.38. The molecule has 5 nitrogen and oxygen atoms in total. The van der Waals surface area contributed by atoms with Crippen molar-refractivity contribution in [2.75, 3.05) is 11.1 Å². The molecule has 2 heterocycles. The molecule has 0 aliphatic rings. The van der Waals surface area contributed by atoms with Crippen LogP contribution in [0.15, 0.2) is 11.7 Å². The standard InChI is InChI=1S/C10H12ClN5S/c1-5-3-17-10(15-5)6(2)16-9-7(11)8(12)13-4-14-9/h3-4,6H,1-2H3,(H3,12,13,14,16). The maximum atomic E-state index is 6.00. The number of aryl methyl sites for hydroxylation is 1. The summed E-state index contributed by atoms with van der Waals surface area (Å²) in [6.45, 7) is 3.95. The van der Waals surface area contributed by atoms with E-state index in [-0.39, 0.29) is 11.9 Å². The second-order valence-electron chi connectivity index (χ2n) is 3.61. The molecule has 2 aromatic rings. The topological polar surface area (TPSA) is 76.7 Å². The first-order chi connectivity index (χ1) is 8.08. The molecule has 0 amide bonds. The number of hydrogen-bond donors (Lipinski definition) is 2.